The molecule has 0 saturated carbocycles. The third kappa shape index (κ3) is 2.99. The maximum absolute atomic E-state index is 11.8. The summed E-state index contributed by atoms with van der Waals surface area (Å²) in [5.41, 5.74) is 0.841. The highest BCUT2D eigenvalue weighted by Gasteiger charge is 2.30. The Kier molecular flexibility index (Phi) is 4.02. The minimum atomic E-state index is -0.185. The molecule has 1 fully saturated rings. The van der Waals surface area contributed by atoms with Gasteiger partial charge in [0.2, 0.25) is 0 Å². The summed E-state index contributed by atoms with van der Waals surface area (Å²) >= 11 is 5.99. The minimum Gasteiger partial charge on any atom is -0.460 e. The van der Waals surface area contributed by atoms with Gasteiger partial charge in [-0.2, -0.15) is 0 Å². The van der Waals surface area contributed by atoms with Gasteiger partial charge in [-0.15, -0.1) is 0 Å². The molecule has 0 spiro atoms. The molecule has 4 heteroatoms. The van der Waals surface area contributed by atoms with Gasteiger partial charge >= 0.3 is 5.97 Å². The maximum Gasteiger partial charge on any atom is 0.323 e. The second kappa shape index (κ2) is 5.52. The molecular weight excluding hydrogens is 238 g/mol. The van der Waals surface area contributed by atoms with Crippen molar-refractivity contribution in [3.63, 3.8) is 0 Å². The standard InChI is InChI=1S/C13H16ClNO2/c1-9-6-7-15-12(9)13(16)17-8-10-4-2-3-5-11(10)14/h2-5,9,12,15H,6-8H2,1H3. The van der Waals surface area contributed by atoms with Crippen molar-refractivity contribution in [2.24, 2.45) is 5.92 Å². The van der Waals surface area contributed by atoms with Crippen LogP contribution in [0.25, 0.3) is 0 Å². The van der Waals surface area contributed by atoms with Crippen molar-refractivity contribution in [1.29, 1.82) is 0 Å². The van der Waals surface area contributed by atoms with Gasteiger partial charge in [0, 0.05) is 10.6 Å². The zero-order valence-corrected chi connectivity index (χ0v) is 10.5. The van der Waals surface area contributed by atoms with E-state index < -0.39 is 0 Å². The second-order valence-corrected chi connectivity index (χ2v) is 4.80. The van der Waals surface area contributed by atoms with Crippen LogP contribution in [0.2, 0.25) is 5.02 Å². The number of hydrogen-bond donors (Lipinski definition) is 1. The van der Waals surface area contributed by atoms with E-state index in [4.69, 9.17) is 16.3 Å². The van der Waals surface area contributed by atoms with E-state index in [1.54, 1.807) is 6.07 Å². The maximum atomic E-state index is 11.8. The quantitative estimate of drug-likeness (QED) is 0.841. The van der Waals surface area contributed by atoms with Crippen molar-refractivity contribution in [1.82, 2.24) is 5.32 Å². The van der Waals surface area contributed by atoms with Gasteiger partial charge in [-0.3, -0.25) is 4.79 Å². The summed E-state index contributed by atoms with van der Waals surface area (Å²) in [6, 6.07) is 7.22. The topological polar surface area (TPSA) is 38.3 Å². The molecule has 1 saturated heterocycles. The molecule has 1 N–H and O–H groups in total. The van der Waals surface area contributed by atoms with Gasteiger partial charge in [0.15, 0.2) is 0 Å². The lowest BCUT2D eigenvalue weighted by molar-refractivity contribution is -0.148. The average Bonchev–Trinajstić information content (AvgIpc) is 2.74. The van der Waals surface area contributed by atoms with E-state index in [-0.39, 0.29) is 18.6 Å². The Morgan fingerprint density at radius 3 is 2.94 bits per heavy atom. The largest absolute Gasteiger partial charge is 0.460 e. The van der Waals surface area contributed by atoms with Gasteiger partial charge in [0.25, 0.3) is 0 Å². The molecule has 2 unspecified atom stereocenters. The van der Waals surface area contributed by atoms with Gasteiger partial charge in [0.1, 0.15) is 12.6 Å². The Hall–Kier alpha value is -1.06. The molecule has 17 heavy (non-hydrogen) atoms. The Bertz CT molecular complexity index is 408. The van der Waals surface area contributed by atoms with Crippen LogP contribution in [-0.2, 0) is 16.1 Å². The van der Waals surface area contributed by atoms with Crippen molar-refractivity contribution in [2.75, 3.05) is 6.54 Å². The van der Waals surface area contributed by atoms with Crippen LogP contribution in [-0.4, -0.2) is 18.6 Å². The van der Waals surface area contributed by atoms with E-state index in [9.17, 15) is 4.79 Å². The van der Waals surface area contributed by atoms with Crippen LogP contribution in [0.15, 0.2) is 24.3 Å². The zero-order valence-electron chi connectivity index (χ0n) is 9.78. The van der Waals surface area contributed by atoms with Crippen molar-refractivity contribution in [3.05, 3.63) is 34.9 Å². The van der Waals surface area contributed by atoms with Gasteiger partial charge in [-0.05, 0) is 24.9 Å². The molecule has 1 aliphatic heterocycles. The number of hydrogen-bond acceptors (Lipinski definition) is 3. The van der Waals surface area contributed by atoms with E-state index in [2.05, 4.69) is 12.2 Å². The number of halogens is 1. The number of esters is 1. The highest BCUT2D eigenvalue weighted by molar-refractivity contribution is 6.31. The van der Waals surface area contributed by atoms with Crippen LogP contribution >= 0.6 is 11.6 Å². The summed E-state index contributed by atoms with van der Waals surface area (Å²) in [6.07, 6.45) is 1.02. The first kappa shape index (κ1) is 12.4. The van der Waals surface area contributed by atoms with Crippen molar-refractivity contribution in [3.8, 4) is 0 Å². The van der Waals surface area contributed by atoms with Crippen LogP contribution in [0.4, 0.5) is 0 Å². The molecule has 1 aromatic rings. The van der Waals surface area contributed by atoms with Gasteiger partial charge in [-0.25, -0.2) is 0 Å². The van der Waals surface area contributed by atoms with E-state index in [0.717, 1.165) is 18.5 Å². The highest BCUT2D eigenvalue weighted by atomic mass is 35.5. The summed E-state index contributed by atoms with van der Waals surface area (Å²) in [5, 5.41) is 3.78. The zero-order chi connectivity index (χ0) is 12.3. The van der Waals surface area contributed by atoms with Crippen molar-refractivity contribution >= 4 is 17.6 Å². The molecule has 2 atom stereocenters. The molecule has 92 valence electrons. The Labute approximate surface area is 106 Å². The highest BCUT2D eigenvalue weighted by Crippen LogP contribution is 2.18. The van der Waals surface area contributed by atoms with Crippen LogP contribution in [0, 0.1) is 5.92 Å². The first-order chi connectivity index (χ1) is 8.18. The number of carbonyl (C=O) groups excluding carboxylic acids is 1. The average molecular weight is 254 g/mol. The van der Waals surface area contributed by atoms with Gasteiger partial charge < -0.3 is 10.1 Å². The monoisotopic (exact) mass is 253 g/mol. The third-order valence-electron chi connectivity index (χ3n) is 3.11. The molecular formula is C13H16ClNO2. The van der Waals surface area contributed by atoms with Crippen LogP contribution in [0.1, 0.15) is 18.9 Å². The van der Waals surface area contributed by atoms with Gasteiger partial charge in [-0.1, -0.05) is 36.7 Å². The minimum absolute atomic E-state index is 0.169. The fourth-order valence-corrected chi connectivity index (χ4v) is 2.19. The lowest BCUT2D eigenvalue weighted by atomic mass is 10.0. The molecule has 1 aliphatic rings. The summed E-state index contributed by atoms with van der Waals surface area (Å²) in [5.74, 6) is 0.156. The number of carbonyl (C=O) groups is 1. The number of benzene rings is 1. The first-order valence-corrected chi connectivity index (χ1v) is 6.19. The Morgan fingerprint density at radius 2 is 2.29 bits per heavy atom. The van der Waals surface area contributed by atoms with E-state index in [1.807, 2.05) is 18.2 Å². The van der Waals surface area contributed by atoms with Gasteiger partial charge in [0.05, 0.1) is 0 Å². The fourth-order valence-electron chi connectivity index (χ4n) is 2.00. The smallest absolute Gasteiger partial charge is 0.323 e. The Balaban J connectivity index is 1.90. The molecule has 0 aromatic heterocycles. The molecule has 1 aromatic carbocycles. The molecule has 0 bridgehead atoms. The molecule has 1 heterocycles. The summed E-state index contributed by atoms with van der Waals surface area (Å²) < 4.78 is 5.28. The molecule has 0 aliphatic carbocycles. The Morgan fingerprint density at radius 1 is 1.53 bits per heavy atom. The van der Waals surface area contributed by atoms with E-state index in [0.29, 0.717) is 10.9 Å². The number of ether oxygens (including phenoxy) is 1. The van der Waals surface area contributed by atoms with Crippen molar-refractivity contribution < 1.29 is 9.53 Å². The SMILES string of the molecule is CC1CCNC1C(=O)OCc1ccccc1Cl. The second-order valence-electron chi connectivity index (χ2n) is 4.40. The lowest BCUT2D eigenvalue weighted by Gasteiger charge is -2.14. The summed E-state index contributed by atoms with van der Waals surface area (Å²) in [4.78, 5) is 11.8. The molecule has 0 radical (unpaired) electrons. The normalized spacial score (nSPS) is 23.6. The molecule has 0 amide bonds. The summed E-state index contributed by atoms with van der Waals surface area (Å²) in [6.45, 7) is 3.18. The first-order valence-electron chi connectivity index (χ1n) is 5.82. The van der Waals surface area contributed by atoms with E-state index in [1.165, 1.54) is 0 Å². The number of nitrogens with one attached hydrogen (secondary N) is 1. The fraction of sp³-hybridized carbons (Fsp3) is 0.462. The predicted molar refractivity (Wildman–Crippen MR) is 66.8 cm³/mol. The predicted octanol–water partition coefficient (Wildman–Crippen LogP) is 2.38. The number of rotatable bonds is 3. The van der Waals surface area contributed by atoms with E-state index >= 15 is 0 Å². The third-order valence-corrected chi connectivity index (χ3v) is 3.48. The lowest BCUT2D eigenvalue weighted by Crippen LogP contribution is -2.36. The van der Waals surface area contributed by atoms with Crippen molar-refractivity contribution in [2.45, 2.75) is 26.0 Å². The molecule has 2 rings (SSSR count). The van der Waals surface area contributed by atoms with Crippen LogP contribution in [0.3, 0.4) is 0 Å². The summed E-state index contributed by atoms with van der Waals surface area (Å²) in [7, 11) is 0. The van der Waals surface area contributed by atoms with Crippen LogP contribution in [0.5, 0.6) is 0 Å². The van der Waals surface area contributed by atoms with Crippen LogP contribution < -0.4 is 5.32 Å². The molecule has 3 nitrogen and oxygen atoms in total.